The first-order chi connectivity index (χ1) is 7.22. The maximum atomic E-state index is 12.6. The minimum absolute atomic E-state index is 0.187. The molecular weight excluding hydrogens is 213 g/mol. The molecule has 0 spiro atoms. The number of benzene rings is 1. The van der Waals surface area contributed by atoms with Crippen molar-refractivity contribution in [3.05, 3.63) is 46.8 Å². The fraction of sp³-hybridized carbons (Fsp3) is 0.333. The summed E-state index contributed by atoms with van der Waals surface area (Å²) in [6, 6.07) is 6.58. The molecule has 1 N–H and O–H groups in total. The van der Waals surface area contributed by atoms with E-state index in [4.69, 9.17) is 11.6 Å². The molecule has 0 heterocycles. The SMILES string of the molecule is C/C(=C/Cl)CNCCc1ccc(F)cc1. The van der Waals surface area contributed by atoms with E-state index >= 15 is 0 Å². The molecule has 0 saturated carbocycles. The predicted molar refractivity (Wildman–Crippen MR) is 62.6 cm³/mol. The third-order valence-electron chi connectivity index (χ3n) is 2.09. The second-order valence-corrected chi connectivity index (χ2v) is 3.73. The predicted octanol–water partition coefficient (Wildman–Crippen LogP) is 3.10. The molecule has 0 radical (unpaired) electrons. The summed E-state index contributed by atoms with van der Waals surface area (Å²) in [6.45, 7) is 3.64. The average Bonchev–Trinajstić information content (AvgIpc) is 2.26. The molecule has 0 aliphatic heterocycles. The molecule has 82 valence electrons. The molecular formula is C12H15ClFN. The van der Waals surface area contributed by atoms with Crippen LogP contribution in [0.15, 0.2) is 35.4 Å². The molecule has 0 fully saturated rings. The lowest BCUT2D eigenvalue weighted by molar-refractivity contribution is 0.626. The number of hydrogen-bond acceptors (Lipinski definition) is 1. The van der Waals surface area contributed by atoms with Gasteiger partial charge in [-0.25, -0.2) is 4.39 Å². The second-order valence-electron chi connectivity index (χ2n) is 3.51. The molecule has 1 aromatic rings. The maximum Gasteiger partial charge on any atom is 0.123 e. The molecule has 0 atom stereocenters. The number of nitrogens with one attached hydrogen (secondary N) is 1. The van der Waals surface area contributed by atoms with Crippen molar-refractivity contribution >= 4 is 11.6 Å². The van der Waals surface area contributed by atoms with Crippen LogP contribution >= 0.6 is 11.6 Å². The summed E-state index contributed by atoms with van der Waals surface area (Å²) in [7, 11) is 0. The smallest absolute Gasteiger partial charge is 0.123 e. The minimum atomic E-state index is -0.187. The Balaban J connectivity index is 2.23. The molecule has 0 saturated heterocycles. The van der Waals surface area contributed by atoms with Crippen molar-refractivity contribution in [1.82, 2.24) is 5.32 Å². The summed E-state index contributed by atoms with van der Waals surface area (Å²) in [5.74, 6) is -0.187. The van der Waals surface area contributed by atoms with E-state index in [1.54, 1.807) is 17.7 Å². The van der Waals surface area contributed by atoms with Gasteiger partial charge in [-0.1, -0.05) is 23.7 Å². The van der Waals surface area contributed by atoms with Crippen molar-refractivity contribution in [3.8, 4) is 0 Å². The van der Waals surface area contributed by atoms with Gasteiger partial charge in [0.1, 0.15) is 5.82 Å². The Hall–Kier alpha value is -0.860. The fourth-order valence-electron chi connectivity index (χ4n) is 1.21. The van der Waals surface area contributed by atoms with Gasteiger partial charge in [0, 0.05) is 12.1 Å². The summed E-state index contributed by atoms with van der Waals surface area (Å²) in [4.78, 5) is 0. The lowest BCUT2D eigenvalue weighted by Gasteiger charge is -2.04. The standard InChI is InChI=1S/C12H15ClFN/c1-10(8-13)9-15-7-6-11-2-4-12(14)5-3-11/h2-5,8,15H,6-7,9H2,1H3/b10-8-. The molecule has 3 heteroatoms. The van der Waals surface area contributed by atoms with E-state index in [1.165, 1.54) is 12.1 Å². The van der Waals surface area contributed by atoms with Gasteiger partial charge in [-0.15, -0.1) is 0 Å². The Morgan fingerprint density at radius 1 is 1.40 bits per heavy atom. The largest absolute Gasteiger partial charge is 0.313 e. The molecule has 1 aromatic carbocycles. The number of hydrogen-bond donors (Lipinski definition) is 1. The average molecular weight is 228 g/mol. The van der Waals surface area contributed by atoms with Crippen molar-refractivity contribution in [2.75, 3.05) is 13.1 Å². The van der Waals surface area contributed by atoms with Crippen molar-refractivity contribution in [2.24, 2.45) is 0 Å². The van der Waals surface area contributed by atoms with Crippen LogP contribution in [0.3, 0.4) is 0 Å². The number of halogens is 2. The highest BCUT2D eigenvalue weighted by atomic mass is 35.5. The Morgan fingerprint density at radius 2 is 2.07 bits per heavy atom. The van der Waals surface area contributed by atoms with E-state index < -0.39 is 0 Å². The molecule has 1 rings (SSSR count). The van der Waals surface area contributed by atoms with Gasteiger partial charge in [-0.3, -0.25) is 0 Å². The van der Waals surface area contributed by atoms with Gasteiger partial charge in [0.25, 0.3) is 0 Å². The zero-order chi connectivity index (χ0) is 11.1. The van der Waals surface area contributed by atoms with Gasteiger partial charge in [0.2, 0.25) is 0 Å². The van der Waals surface area contributed by atoms with E-state index in [0.717, 1.165) is 30.6 Å². The van der Waals surface area contributed by atoms with Crippen molar-refractivity contribution in [1.29, 1.82) is 0 Å². The lowest BCUT2D eigenvalue weighted by atomic mass is 10.1. The molecule has 0 aromatic heterocycles. The quantitative estimate of drug-likeness (QED) is 0.763. The maximum absolute atomic E-state index is 12.6. The first-order valence-corrected chi connectivity index (χ1v) is 5.37. The zero-order valence-corrected chi connectivity index (χ0v) is 9.52. The van der Waals surface area contributed by atoms with Gasteiger partial charge < -0.3 is 5.32 Å². The normalized spacial score (nSPS) is 11.8. The highest BCUT2D eigenvalue weighted by Gasteiger charge is 1.94. The molecule has 0 unspecified atom stereocenters. The summed E-state index contributed by atoms with van der Waals surface area (Å²) in [5, 5.41) is 3.25. The fourth-order valence-corrected chi connectivity index (χ4v) is 1.29. The van der Waals surface area contributed by atoms with Gasteiger partial charge in [0.15, 0.2) is 0 Å². The van der Waals surface area contributed by atoms with Crippen LogP contribution in [0.4, 0.5) is 4.39 Å². The van der Waals surface area contributed by atoms with Crippen molar-refractivity contribution in [3.63, 3.8) is 0 Å². The molecule has 0 bridgehead atoms. The Bertz CT molecular complexity index is 319. The summed E-state index contributed by atoms with van der Waals surface area (Å²) in [6.07, 6.45) is 0.899. The van der Waals surface area contributed by atoms with E-state index in [1.807, 2.05) is 6.92 Å². The van der Waals surface area contributed by atoms with Crippen molar-refractivity contribution in [2.45, 2.75) is 13.3 Å². The Kier molecular flexibility index (Phi) is 5.37. The van der Waals surface area contributed by atoms with Crippen LogP contribution in [0.1, 0.15) is 12.5 Å². The highest BCUT2D eigenvalue weighted by Crippen LogP contribution is 2.02. The Labute approximate surface area is 95.0 Å². The van der Waals surface area contributed by atoms with Gasteiger partial charge in [-0.05, 0) is 43.2 Å². The molecule has 0 aliphatic rings. The minimum Gasteiger partial charge on any atom is -0.313 e. The first kappa shape index (κ1) is 12.2. The third kappa shape index (κ3) is 4.96. The molecule has 0 aliphatic carbocycles. The molecule has 15 heavy (non-hydrogen) atoms. The van der Waals surface area contributed by atoms with Crippen LogP contribution in [-0.2, 0) is 6.42 Å². The number of rotatable bonds is 5. The lowest BCUT2D eigenvalue weighted by Crippen LogP contribution is -2.19. The topological polar surface area (TPSA) is 12.0 Å². The van der Waals surface area contributed by atoms with E-state index in [0.29, 0.717) is 0 Å². The summed E-state index contributed by atoms with van der Waals surface area (Å²) >= 11 is 5.52. The summed E-state index contributed by atoms with van der Waals surface area (Å²) < 4.78 is 12.6. The van der Waals surface area contributed by atoms with Crippen LogP contribution in [0, 0.1) is 5.82 Å². The zero-order valence-electron chi connectivity index (χ0n) is 8.76. The van der Waals surface area contributed by atoms with E-state index in [2.05, 4.69) is 5.32 Å². The highest BCUT2D eigenvalue weighted by molar-refractivity contribution is 6.25. The van der Waals surface area contributed by atoms with E-state index in [-0.39, 0.29) is 5.82 Å². The Morgan fingerprint density at radius 3 is 2.67 bits per heavy atom. The van der Waals surface area contributed by atoms with Crippen LogP contribution in [0.2, 0.25) is 0 Å². The van der Waals surface area contributed by atoms with E-state index in [9.17, 15) is 4.39 Å². The van der Waals surface area contributed by atoms with Crippen LogP contribution in [-0.4, -0.2) is 13.1 Å². The van der Waals surface area contributed by atoms with Crippen LogP contribution in [0.5, 0.6) is 0 Å². The molecule has 1 nitrogen and oxygen atoms in total. The van der Waals surface area contributed by atoms with Gasteiger partial charge in [-0.2, -0.15) is 0 Å². The second kappa shape index (κ2) is 6.59. The van der Waals surface area contributed by atoms with Crippen LogP contribution < -0.4 is 5.32 Å². The first-order valence-electron chi connectivity index (χ1n) is 4.93. The molecule has 0 amide bonds. The summed E-state index contributed by atoms with van der Waals surface area (Å²) in [5.41, 5.74) is 3.82. The van der Waals surface area contributed by atoms with Crippen LogP contribution in [0.25, 0.3) is 0 Å². The monoisotopic (exact) mass is 227 g/mol. The third-order valence-corrected chi connectivity index (χ3v) is 2.47. The van der Waals surface area contributed by atoms with Crippen molar-refractivity contribution < 1.29 is 4.39 Å². The van der Waals surface area contributed by atoms with Gasteiger partial charge in [0.05, 0.1) is 0 Å². The van der Waals surface area contributed by atoms with Gasteiger partial charge >= 0.3 is 0 Å².